The molecule has 0 aliphatic carbocycles. The lowest BCUT2D eigenvalue weighted by molar-refractivity contribution is -0.697. The van der Waals surface area contributed by atoms with E-state index in [0.717, 1.165) is 0 Å². The lowest BCUT2D eigenvalue weighted by atomic mass is 10.0. The molecule has 1 nitrogen and oxygen atoms in total. The van der Waals surface area contributed by atoms with Crippen LogP contribution < -0.4 is 4.57 Å². The standard InChI is InChI=1S/C23H42N/c1-3-5-6-7-8-9-10-11-12-13-14-15-16-20-24-21-18-23(17-4-2)19-22-24/h18-19,21-22H,3-17,20H2,1-2H3/q+1. The number of pyridine rings is 1. The van der Waals surface area contributed by atoms with E-state index < -0.39 is 0 Å². The van der Waals surface area contributed by atoms with Crippen LogP contribution in [0.25, 0.3) is 0 Å². The third kappa shape index (κ3) is 11.6. The van der Waals surface area contributed by atoms with Crippen LogP contribution in [0.1, 0.15) is 109 Å². The van der Waals surface area contributed by atoms with Gasteiger partial charge in [0.1, 0.15) is 6.54 Å². The van der Waals surface area contributed by atoms with Crippen molar-refractivity contribution in [2.75, 3.05) is 0 Å². The second kappa shape index (κ2) is 15.7. The average Bonchev–Trinajstić information content (AvgIpc) is 2.60. The largest absolute Gasteiger partial charge is 0.205 e. The second-order valence-electron chi connectivity index (χ2n) is 7.44. The van der Waals surface area contributed by atoms with E-state index in [-0.39, 0.29) is 0 Å². The summed E-state index contributed by atoms with van der Waals surface area (Å²) in [6, 6.07) is 4.57. The fourth-order valence-electron chi connectivity index (χ4n) is 3.40. The van der Waals surface area contributed by atoms with Crippen LogP contribution in [-0.4, -0.2) is 0 Å². The van der Waals surface area contributed by atoms with E-state index in [1.165, 1.54) is 108 Å². The summed E-state index contributed by atoms with van der Waals surface area (Å²) in [7, 11) is 0. The third-order valence-corrected chi connectivity index (χ3v) is 5.02. The topological polar surface area (TPSA) is 3.88 Å². The van der Waals surface area contributed by atoms with E-state index in [4.69, 9.17) is 0 Å². The van der Waals surface area contributed by atoms with Gasteiger partial charge in [-0.2, -0.15) is 0 Å². The number of hydrogen-bond acceptors (Lipinski definition) is 0. The minimum Gasteiger partial charge on any atom is -0.205 e. The van der Waals surface area contributed by atoms with Gasteiger partial charge in [0.25, 0.3) is 0 Å². The predicted molar refractivity (Wildman–Crippen MR) is 106 cm³/mol. The van der Waals surface area contributed by atoms with Gasteiger partial charge >= 0.3 is 0 Å². The molecule has 0 aromatic carbocycles. The van der Waals surface area contributed by atoms with Crippen LogP contribution in [0.3, 0.4) is 0 Å². The van der Waals surface area contributed by atoms with E-state index in [1.807, 2.05) is 0 Å². The van der Waals surface area contributed by atoms with Gasteiger partial charge in [-0.15, -0.1) is 0 Å². The quantitative estimate of drug-likeness (QED) is 0.226. The molecule has 1 heteroatoms. The molecule has 0 aliphatic heterocycles. The zero-order valence-electron chi connectivity index (χ0n) is 16.6. The summed E-state index contributed by atoms with van der Waals surface area (Å²) in [6.45, 7) is 5.72. The first kappa shape index (κ1) is 21.2. The summed E-state index contributed by atoms with van der Waals surface area (Å²) in [5.41, 5.74) is 1.47. The van der Waals surface area contributed by atoms with Gasteiger partial charge in [0.15, 0.2) is 12.4 Å². The van der Waals surface area contributed by atoms with Crippen LogP contribution >= 0.6 is 0 Å². The smallest absolute Gasteiger partial charge is 0.169 e. The van der Waals surface area contributed by atoms with Crippen LogP contribution in [0.2, 0.25) is 0 Å². The van der Waals surface area contributed by atoms with Gasteiger partial charge in [-0.25, -0.2) is 4.57 Å². The zero-order chi connectivity index (χ0) is 17.3. The van der Waals surface area contributed by atoms with Crippen LogP contribution in [0.5, 0.6) is 0 Å². The lowest BCUT2D eigenvalue weighted by Gasteiger charge is -2.03. The molecule has 0 N–H and O–H groups in total. The number of rotatable bonds is 16. The molecule has 1 aromatic heterocycles. The molecule has 0 unspecified atom stereocenters. The monoisotopic (exact) mass is 332 g/mol. The molecule has 1 heterocycles. The highest BCUT2D eigenvalue weighted by Gasteiger charge is 2.00. The van der Waals surface area contributed by atoms with Crippen molar-refractivity contribution >= 4 is 0 Å². The molecule has 0 bridgehead atoms. The maximum atomic E-state index is 2.34. The number of aromatic nitrogens is 1. The average molecular weight is 333 g/mol. The fourth-order valence-corrected chi connectivity index (χ4v) is 3.40. The Hall–Kier alpha value is -0.850. The van der Waals surface area contributed by atoms with Gasteiger partial charge in [-0.05, 0) is 18.4 Å². The van der Waals surface area contributed by atoms with E-state index >= 15 is 0 Å². The Bertz CT molecular complexity index is 368. The van der Waals surface area contributed by atoms with Crippen molar-refractivity contribution in [3.05, 3.63) is 30.1 Å². The summed E-state index contributed by atoms with van der Waals surface area (Å²) in [4.78, 5) is 0. The van der Waals surface area contributed by atoms with Crippen LogP contribution in [-0.2, 0) is 13.0 Å². The molecule has 0 aliphatic rings. The molecule has 0 atom stereocenters. The summed E-state index contributed by atoms with van der Waals surface area (Å²) in [6.07, 6.45) is 25.6. The van der Waals surface area contributed by atoms with Crippen molar-refractivity contribution in [2.24, 2.45) is 0 Å². The molecule has 0 saturated carbocycles. The predicted octanol–water partition coefficient (Wildman–Crippen LogP) is 7.02. The highest BCUT2D eigenvalue weighted by atomic mass is 14.9. The highest BCUT2D eigenvalue weighted by Crippen LogP contribution is 2.12. The molecular weight excluding hydrogens is 290 g/mol. The normalized spacial score (nSPS) is 11.1. The molecule has 0 saturated heterocycles. The third-order valence-electron chi connectivity index (χ3n) is 5.02. The van der Waals surface area contributed by atoms with Gasteiger partial charge in [-0.3, -0.25) is 0 Å². The Labute approximate surface area is 151 Å². The van der Waals surface area contributed by atoms with Gasteiger partial charge in [0.2, 0.25) is 0 Å². The molecule has 1 aromatic rings. The zero-order valence-corrected chi connectivity index (χ0v) is 16.6. The number of hydrogen-bond donors (Lipinski definition) is 0. The SMILES string of the molecule is CCCCCCCCCCCCCCC[n+]1ccc(CCC)cc1. The Kier molecular flexibility index (Phi) is 13.8. The lowest BCUT2D eigenvalue weighted by Crippen LogP contribution is -2.32. The molecule has 0 spiro atoms. The Balaban J connectivity index is 1.85. The summed E-state index contributed by atoms with van der Waals surface area (Å²) in [5.74, 6) is 0. The Morgan fingerprint density at radius 2 is 1.04 bits per heavy atom. The van der Waals surface area contributed by atoms with Gasteiger partial charge < -0.3 is 0 Å². The molecule has 24 heavy (non-hydrogen) atoms. The molecule has 1 rings (SSSR count). The maximum absolute atomic E-state index is 2.34. The van der Waals surface area contributed by atoms with Crippen molar-refractivity contribution in [2.45, 2.75) is 117 Å². The van der Waals surface area contributed by atoms with Crippen molar-refractivity contribution in [1.29, 1.82) is 0 Å². The number of aryl methyl sites for hydroxylation is 2. The molecule has 0 fully saturated rings. The van der Waals surface area contributed by atoms with Crippen LogP contribution in [0.15, 0.2) is 24.5 Å². The van der Waals surface area contributed by atoms with Crippen LogP contribution in [0, 0.1) is 0 Å². The Morgan fingerprint density at radius 1 is 0.583 bits per heavy atom. The summed E-state index contributed by atoms with van der Waals surface area (Å²) < 4.78 is 2.34. The van der Waals surface area contributed by atoms with E-state index in [0.29, 0.717) is 0 Å². The van der Waals surface area contributed by atoms with Crippen molar-refractivity contribution < 1.29 is 4.57 Å². The van der Waals surface area contributed by atoms with E-state index in [2.05, 4.69) is 42.9 Å². The number of nitrogens with zero attached hydrogens (tertiary/aromatic N) is 1. The summed E-state index contributed by atoms with van der Waals surface area (Å²) in [5, 5.41) is 0. The summed E-state index contributed by atoms with van der Waals surface area (Å²) >= 11 is 0. The fraction of sp³-hybridized carbons (Fsp3) is 0.783. The van der Waals surface area contributed by atoms with Crippen molar-refractivity contribution in [3.8, 4) is 0 Å². The van der Waals surface area contributed by atoms with Crippen LogP contribution in [0.4, 0.5) is 0 Å². The molecular formula is C23H42N+. The molecule has 138 valence electrons. The molecule has 0 radical (unpaired) electrons. The maximum Gasteiger partial charge on any atom is 0.169 e. The minimum atomic E-state index is 1.18. The van der Waals surface area contributed by atoms with Crippen molar-refractivity contribution in [3.63, 3.8) is 0 Å². The van der Waals surface area contributed by atoms with Gasteiger partial charge in [0, 0.05) is 18.6 Å². The van der Waals surface area contributed by atoms with E-state index in [9.17, 15) is 0 Å². The number of unbranched alkanes of at least 4 members (excludes halogenated alkanes) is 12. The second-order valence-corrected chi connectivity index (χ2v) is 7.44. The van der Waals surface area contributed by atoms with Crippen molar-refractivity contribution in [1.82, 2.24) is 0 Å². The first-order valence-corrected chi connectivity index (χ1v) is 10.8. The van der Waals surface area contributed by atoms with E-state index in [1.54, 1.807) is 0 Å². The first-order chi connectivity index (χ1) is 11.9. The van der Waals surface area contributed by atoms with Gasteiger partial charge in [0.05, 0.1) is 0 Å². The first-order valence-electron chi connectivity index (χ1n) is 10.8. The van der Waals surface area contributed by atoms with Gasteiger partial charge in [-0.1, -0.05) is 90.9 Å². The molecule has 0 amide bonds. The minimum absolute atomic E-state index is 1.18. The highest BCUT2D eigenvalue weighted by molar-refractivity contribution is 5.06. The Morgan fingerprint density at radius 3 is 1.50 bits per heavy atom.